The van der Waals surface area contributed by atoms with E-state index in [4.69, 9.17) is 0 Å². The fourth-order valence-corrected chi connectivity index (χ4v) is 4.46. The summed E-state index contributed by atoms with van der Waals surface area (Å²) in [5.74, 6) is -0.425. The maximum Gasteiger partial charge on any atom is 0.264 e. The predicted molar refractivity (Wildman–Crippen MR) is 117 cm³/mol. The fourth-order valence-electron chi connectivity index (χ4n) is 2.98. The number of para-hydroxylation sites is 1. The number of nitrogens with one attached hydrogen (secondary N) is 1. The first kappa shape index (κ1) is 21.3. The molecule has 3 aromatic rings. The molecular weight excluding hydrogens is 400 g/mol. The number of rotatable bonds is 7. The van der Waals surface area contributed by atoms with Crippen LogP contribution in [0.5, 0.6) is 0 Å². The van der Waals surface area contributed by atoms with Crippen LogP contribution in [0.3, 0.4) is 0 Å². The number of benzene rings is 3. The molecule has 1 N–H and O–H groups in total. The van der Waals surface area contributed by atoms with E-state index >= 15 is 0 Å². The fraction of sp³-hybridized carbons (Fsp3) is 0.130. The second kappa shape index (κ2) is 8.92. The molecule has 154 valence electrons. The number of hydrogen-bond acceptors (Lipinski definition) is 4. The van der Waals surface area contributed by atoms with Crippen LogP contribution in [-0.4, -0.2) is 26.7 Å². The zero-order valence-electron chi connectivity index (χ0n) is 16.7. The van der Waals surface area contributed by atoms with Gasteiger partial charge in [0.1, 0.15) is 0 Å². The van der Waals surface area contributed by atoms with Crippen molar-refractivity contribution in [1.82, 2.24) is 0 Å². The molecule has 0 aliphatic heterocycles. The summed E-state index contributed by atoms with van der Waals surface area (Å²) in [6.45, 7) is 3.52. The second-order valence-corrected chi connectivity index (χ2v) is 8.48. The number of nitrogens with zero attached hydrogens (tertiary/aromatic N) is 1. The molecule has 0 spiro atoms. The van der Waals surface area contributed by atoms with E-state index in [-0.39, 0.29) is 23.1 Å². The first-order chi connectivity index (χ1) is 14.3. The lowest BCUT2D eigenvalue weighted by atomic mass is 10.1. The number of amides is 1. The van der Waals surface area contributed by atoms with Gasteiger partial charge in [-0.15, -0.1) is 0 Å². The van der Waals surface area contributed by atoms with Crippen molar-refractivity contribution in [3.8, 4) is 0 Å². The number of ketones is 1. The largest absolute Gasteiger partial charge is 0.322 e. The Kier molecular flexibility index (Phi) is 6.32. The number of hydrogen-bond donors (Lipinski definition) is 1. The lowest BCUT2D eigenvalue weighted by Gasteiger charge is -2.23. The molecule has 0 fully saturated rings. The highest BCUT2D eigenvalue weighted by molar-refractivity contribution is 7.92. The van der Waals surface area contributed by atoms with Gasteiger partial charge in [-0.25, -0.2) is 8.42 Å². The molecular formula is C23H22N2O4S. The Morgan fingerprint density at radius 1 is 0.833 bits per heavy atom. The highest BCUT2D eigenvalue weighted by atomic mass is 32.2. The Morgan fingerprint density at radius 2 is 1.40 bits per heavy atom. The molecule has 7 heteroatoms. The standard InChI is InChI=1S/C23H22N2O4S/c1-3-25(21-7-5-4-6-8-21)30(28,29)22-15-11-19(12-16-22)23(27)24-20-13-9-18(10-14-20)17(2)26/h4-16H,3H2,1-2H3,(H,24,27). The Morgan fingerprint density at radius 3 is 1.93 bits per heavy atom. The summed E-state index contributed by atoms with van der Waals surface area (Å²) in [6.07, 6.45) is 0. The molecule has 0 unspecified atom stereocenters. The summed E-state index contributed by atoms with van der Waals surface area (Å²) in [5.41, 5.74) is 2.01. The van der Waals surface area contributed by atoms with Crippen LogP contribution in [0.1, 0.15) is 34.6 Å². The van der Waals surface area contributed by atoms with Crippen molar-refractivity contribution in [1.29, 1.82) is 0 Å². The molecule has 0 saturated carbocycles. The quantitative estimate of drug-likeness (QED) is 0.574. The van der Waals surface area contributed by atoms with E-state index in [9.17, 15) is 18.0 Å². The van der Waals surface area contributed by atoms with Gasteiger partial charge in [-0.3, -0.25) is 13.9 Å². The van der Waals surface area contributed by atoms with E-state index in [0.717, 1.165) is 0 Å². The Labute approximate surface area is 176 Å². The first-order valence-electron chi connectivity index (χ1n) is 9.43. The van der Waals surface area contributed by atoms with Gasteiger partial charge in [-0.05, 0) is 74.5 Å². The molecule has 0 aliphatic carbocycles. The third kappa shape index (κ3) is 4.58. The van der Waals surface area contributed by atoms with Crippen LogP contribution in [0.25, 0.3) is 0 Å². The summed E-state index contributed by atoms with van der Waals surface area (Å²) in [5, 5.41) is 2.73. The molecule has 0 heterocycles. The molecule has 0 saturated heterocycles. The van der Waals surface area contributed by atoms with Crippen LogP contribution >= 0.6 is 0 Å². The van der Waals surface area contributed by atoms with Gasteiger partial charge < -0.3 is 5.32 Å². The van der Waals surface area contributed by atoms with Gasteiger partial charge in [-0.1, -0.05) is 18.2 Å². The smallest absolute Gasteiger partial charge is 0.264 e. The van der Waals surface area contributed by atoms with Gasteiger partial charge >= 0.3 is 0 Å². The number of Topliss-reactive ketones (excluding diaryl/α,β-unsaturated/α-hetero) is 1. The maximum atomic E-state index is 13.0. The highest BCUT2D eigenvalue weighted by Crippen LogP contribution is 2.23. The van der Waals surface area contributed by atoms with Gasteiger partial charge in [-0.2, -0.15) is 0 Å². The van der Waals surface area contributed by atoms with Crippen molar-refractivity contribution < 1.29 is 18.0 Å². The minimum absolute atomic E-state index is 0.0544. The Balaban J connectivity index is 1.78. The van der Waals surface area contributed by atoms with Crippen LogP contribution in [0.4, 0.5) is 11.4 Å². The van der Waals surface area contributed by atoms with E-state index in [1.807, 2.05) is 6.07 Å². The van der Waals surface area contributed by atoms with Crippen molar-refractivity contribution >= 4 is 33.1 Å². The molecule has 6 nitrogen and oxygen atoms in total. The summed E-state index contributed by atoms with van der Waals surface area (Å²) in [7, 11) is -3.75. The summed E-state index contributed by atoms with van der Waals surface area (Å²) in [4.78, 5) is 23.9. The van der Waals surface area contributed by atoms with Crippen LogP contribution in [0.15, 0.2) is 83.8 Å². The highest BCUT2D eigenvalue weighted by Gasteiger charge is 2.23. The molecule has 1 amide bonds. The van der Waals surface area contributed by atoms with E-state index in [1.165, 1.54) is 35.5 Å². The molecule has 0 atom stereocenters. The Bertz CT molecular complexity index is 1140. The van der Waals surface area contributed by atoms with E-state index in [1.54, 1.807) is 55.5 Å². The second-order valence-electron chi connectivity index (χ2n) is 6.62. The lowest BCUT2D eigenvalue weighted by molar-refractivity contribution is 0.101. The summed E-state index contributed by atoms with van der Waals surface area (Å²) >= 11 is 0. The van der Waals surface area contributed by atoms with E-state index in [2.05, 4.69) is 5.32 Å². The van der Waals surface area contributed by atoms with Crippen LogP contribution in [-0.2, 0) is 10.0 Å². The van der Waals surface area contributed by atoms with Gasteiger partial charge in [0, 0.05) is 23.4 Å². The van der Waals surface area contributed by atoms with Gasteiger partial charge in [0.15, 0.2) is 5.78 Å². The normalized spacial score (nSPS) is 11.0. The molecule has 0 aliphatic rings. The van der Waals surface area contributed by atoms with Crippen molar-refractivity contribution in [2.75, 3.05) is 16.2 Å². The molecule has 0 aromatic heterocycles. The van der Waals surface area contributed by atoms with Crippen LogP contribution < -0.4 is 9.62 Å². The Hall–Kier alpha value is -3.45. The number of carbonyl (C=O) groups excluding carboxylic acids is 2. The average Bonchev–Trinajstić information content (AvgIpc) is 2.75. The minimum atomic E-state index is -3.75. The zero-order chi connectivity index (χ0) is 21.7. The number of anilines is 2. The van der Waals surface area contributed by atoms with E-state index in [0.29, 0.717) is 22.5 Å². The van der Waals surface area contributed by atoms with Crippen molar-refractivity contribution in [2.24, 2.45) is 0 Å². The minimum Gasteiger partial charge on any atom is -0.322 e. The van der Waals surface area contributed by atoms with Gasteiger partial charge in [0.25, 0.3) is 15.9 Å². The van der Waals surface area contributed by atoms with Gasteiger partial charge in [0.05, 0.1) is 10.6 Å². The van der Waals surface area contributed by atoms with Gasteiger partial charge in [0.2, 0.25) is 0 Å². The first-order valence-corrected chi connectivity index (χ1v) is 10.9. The molecule has 30 heavy (non-hydrogen) atoms. The molecule has 3 rings (SSSR count). The summed E-state index contributed by atoms with van der Waals surface area (Å²) in [6, 6.07) is 21.2. The maximum absolute atomic E-state index is 13.0. The molecule has 3 aromatic carbocycles. The molecule has 0 radical (unpaired) electrons. The predicted octanol–water partition coefficient (Wildman–Crippen LogP) is 4.36. The number of carbonyl (C=O) groups is 2. The van der Waals surface area contributed by atoms with Crippen molar-refractivity contribution in [3.63, 3.8) is 0 Å². The molecule has 0 bridgehead atoms. The third-order valence-electron chi connectivity index (χ3n) is 4.59. The number of sulfonamides is 1. The topological polar surface area (TPSA) is 83.6 Å². The third-order valence-corrected chi connectivity index (χ3v) is 6.50. The average molecular weight is 423 g/mol. The van der Waals surface area contributed by atoms with E-state index < -0.39 is 10.0 Å². The summed E-state index contributed by atoms with van der Waals surface area (Å²) < 4.78 is 27.4. The van der Waals surface area contributed by atoms with Crippen molar-refractivity contribution in [3.05, 3.63) is 90.0 Å². The lowest BCUT2D eigenvalue weighted by Crippen LogP contribution is -2.30. The van der Waals surface area contributed by atoms with Crippen LogP contribution in [0, 0.1) is 0 Å². The van der Waals surface area contributed by atoms with Crippen molar-refractivity contribution in [2.45, 2.75) is 18.7 Å². The zero-order valence-corrected chi connectivity index (χ0v) is 17.5. The monoisotopic (exact) mass is 422 g/mol. The van der Waals surface area contributed by atoms with Crippen LogP contribution in [0.2, 0.25) is 0 Å². The SMILES string of the molecule is CCN(c1ccccc1)S(=O)(=O)c1ccc(C(=O)Nc2ccc(C(C)=O)cc2)cc1.